The van der Waals surface area contributed by atoms with Gasteiger partial charge in [-0.3, -0.25) is 11.3 Å². The van der Waals surface area contributed by atoms with Gasteiger partial charge in [-0.1, -0.05) is 12.1 Å². The third kappa shape index (κ3) is 3.77. The number of ether oxygens (including phenoxy) is 1. The molecular weight excluding hydrogens is 176 g/mol. The SMILES string of the molecule is CC(C)(C)Oc1ccc(CNN)cc1. The van der Waals surface area contributed by atoms with E-state index in [9.17, 15) is 0 Å². The zero-order valence-electron chi connectivity index (χ0n) is 9.00. The number of hydrazine groups is 1. The topological polar surface area (TPSA) is 47.3 Å². The van der Waals surface area contributed by atoms with Crippen LogP contribution in [-0.2, 0) is 6.54 Å². The van der Waals surface area contributed by atoms with Crippen molar-refractivity contribution in [3.8, 4) is 5.75 Å². The first-order valence-electron chi connectivity index (χ1n) is 4.73. The van der Waals surface area contributed by atoms with Crippen molar-refractivity contribution in [3.63, 3.8) is 0 Å². The zero-order chi connectivity index (χ0) is 10.6. The third-order valence-corrected chi connectivity index (χ3v) is 1.65. The van der Waals surface area contributed by atoms with Crippen LogP contribution in [0.3, 0.4) is 0 Å². The molecule has 0 radical (unpaired) electrons. The van der Waals surface area contributed by atoms with E-state index in [4.69, 9.17) is 10.6 Å². The lowest BCUT2D eigenvalue weighted by Gasteiger charge is -2.21. The molecule has 3 nitrogen and oxygen atoms in total. The Balaban J connectivity index is 2.64. The zero-order valence-corrected chi connectivity index (χ0v) is 9.00. The lowest BCUT2D eigenvalue weighted by atomic mass is 10.2. The Labute approximate surface area is 85.2 Å². The van der Waals surface area contributed by atoms with Crippen molar-refractivity contribution in [1.82, 2.24) is 5.43 Å². The maximum absolute atomic E-state index is 5.68. The Morgan fingerprint density at radius 3 is 2.21 bits per heavy atom. The number of nitrogens with two attached hydrogens (primary N) is 1. The molecule has 0 unspecified atom stereocenters. The van der Waals surface area contributed by atoms with Crippen molar-refractivity contribution in [2.45, 2.75) is 32.9 Å². The Morgan fingerprint density at radius 2 is 1.79 bits per heavy atom. The fourth-order valence-electron chi connectivity index (χ4n) is 1.15. The van der Waals surface area contributed by atoms with Gasteiger partial charge in [-0.25, -0.2) is 0 Å². The van der Waals surface area contributed by atoms with Crippen LogP contribution >= 0.6 is 0 Å². The standard InChI is InChI=1S/C11H18N2O/c1-11(2,3)14-10-6-4-9(5-7-10)8-13-12/h4-7,13H,8,12H2,1-3H3. The van der Waals surface area contributed by atoms with Crippen molar-refractivity contribution in [2.75, 3.05) is 0 Å². The predicted octanol–water partition coefficient (Wildman–Crippen LogP) is 1.83. The number of nitrogens with one attached hydrogen (secondary N) is 1. The van der Waals surface area contributed by atoms with E-state index in [1.165, 1.54) is 0 Å². The summed E-state index contributed by atoms with van der Waals surface area (Å²) in [6.45, 7) is 6.77. The molecule has 1 rings (SSSR count). The number of hydrogen-bond acceptors (Lipinski definition) is 3. The first-order chi connectivity index (χ1) is 6.51. The van der Waals surface area contributed by atoms with Gasteiger partial charge in [0.2, 0.25) is 0 Å². The van der Waals surface area contributed by atoms with Crippen LogP contribution in [0, 0.1) is 0 Å². The third-order valence-electron chi connectivity index (χ3n) is 1.65. The highest BCUT2D eigenvalue weighted by atomic mass is 16.5. The van der Waals surface area contributed by atoms with Crippen molar-refractivity contribution >= 4 is 0 Å². The molecule has 1 aromatic rings. The summed E-state index contributed by atoms with van der Waals surface area (Å²) in [7, 11) is 0. The van der Waals surface area contributed by atoms with Gasteiger partial charge in [0.1, 0.15) is 11.4 Å². The van der Waals surface area contributed by atoms with Gasteiger partial charge >= 0.3 is 0 Å². The van der Waals surface area contributed by atoms with Crippen molar-refractivity contribution in [2.24, 2.45) is 5.84 Å². The van der Waals surface area contributed by atoms with E-state index in [2.05, 4.69) is 5.43 Å². The highest BCUT2D eigenvalue weighted by Crippen LogP contribution is 2.18. The van der Waals surface area contributed by atoms with Crippen LogP contribution in [0.5, 0.6) is 5.75 Å². The van der Waals surface area contributed by atoms with Gasteiger partial charge in [0.15, 0.2) is 0 Å². The van der Waals surface area contributed by atoms with Crippen molar-refractivity contribution in [1.29, 1.82) is 0 Å². The minimum absolute atomic E-state index is 0.145. The van der Waals surface area contributed by atoms with Crippen molar-refractivity contribution in [3.05, 3.63) is 29.8 Å². The fourth-order valence-corrected chi connectivity index (χ4v) is 1.15. The summed E-state index contributed by atoms with van der Waals surface area (Å²) in [4.78, 5) is 0. The van der Waals surface area contributed by atoms with Gasteiger partial charge in [-0.2, -0.15) is 0 Å². The monoisotopic (exact) mass is 194 g/mol. The van der Waals surface area contributed by atoms with E-state index in [1.807, 2.05) is 45.0 Å². The Kier molecular flexibility index (Phi) is 3.49. The van der Waals surface area contributed by atoms with Gasteiger partial charge in [-0.15, -0.1) is 0 Å². The van der Waals surface area contributed by atoms with Crippen molar-refractivity contribution < 1.29 is 4.74 Å². The van der Waals surface area contributed by atoms with E-state index in [0.29, 0.717) is 6.54 Å². The van der Waals surface area contributed by atoms with Crippen LogP contribution in [0.2, 0.25) is 0 Å². The molecule has 1 aromatic carbocycles. The minimum Gasteiger partial charge on any atom is -0.488 e. The van der Waals surface area contributed by atoms with E-state index in [-0.39, 0.29) is 5.60 Å². The van der Waals surface area contributed by atoms with Crippen LogP contribution in [0.15, 0.2) is 24.3 Å². The molecule has 0 aromatic heterocycles. The second kappa shape index (κ2) is 4.44. The van der Waals surface area contributed by atoms with Gasteiger partial charge < -0.3 is 4.74 Å². The van der Waals surface area contributed by atoms with Crippen LogP contribution in [0.1, 0.15) is 26.3 Å². The molecule has 0 spiro atoms. The van der Waals surface area contributed by atoms with E-state index in [1.54, 1.807) is 0 Å². The first kappa shape index (κ1) is 11.0. The molecule has 0 amide bonds. The summed E-state index contributed by atoms with van der Waals surface area (Å²) in [5.41, 5.74) is 3.61. The van der Waals surface area contributed by atoms with E-state index < -0.39 is 0 Å². The molecule has 0 saturated heterocycles. The highest BCUT2D eigenvalue weighted by molar-refractivity contribution is 5.27. The summed E-state index contributed by atoms with van der Waals surface area (Å²) in [6.07, 6.45) is 0. The quantitative estimate of drug-likeness (QED) is 0.570. The molecule has 0 aliphatic heterocycles. The van der Waals surface area contributed by atoms with Crippen LogP contribution in [0.25, 0.3) is 0 Å². The molecule has 78 valence electrons. The smallest absolute Gasteiger partial charge is 0.120 e. The Morgan fingerprint density at radius 1 is 1.21 bits per heavy atom. The van der Waals surface area contributed by atoms with Crippen LogP contribution in [0.4, 0.5) is 0 Å². The Bertz CT molecular complexity index is 274. The van der Waals surface area contributed by atoms with Gasteiger partial charge in [-0.05, 0) is 38.5 Å². The lowest BCUT2D eigenvalue weighted by Crippen LogP contribution is -2.23. The van der Waals surface area contributed by atoms with Gasteiger partial charge in [0.05, 0.1) is 0 Å². The number of hydrogen-bond donors (Lipinski definition) is 2. The summed E-state index contributed by atoms with van der Waals surface area (Å²) >= 11 is 0. The first-order valence-corrected chi connectivity index (χ1v) is 4.73. The lowest BCUT2D eigenvalue weighted by molar-refractivity contribution is 0.131. The average molecular weight is 194 g/mol. The predicted molar refractivity (Wildman–Crippen MR) is 57.9 cm³/mol. The van der Waals surface area contributed by atoms with Crippen LogP contribution in [-0.4, -0.2) is 5.60 Å². The molecule has 0 aliphatic carbocycles. The van der Waals surface area contributed by atoms with E-state index in [0.717, 1.165) is 11.3 Å². The van der Waals surface area contributed by atoms with Gasteiger partial charge in [0.25, 0.3) is 0 Å². The maximum Gasteiger partial charge on any atom is 0.120 e. The molecular formula is C11H18N2O. The molecule has 14 heavy (non-hydrogen) atoms. The summed E-state index contributed by atoms with van der Waals surface area (Å²) in [6, 6.07) is 7.91. The molecule has 0 atom stereocenters. The maximum atomic E-state index is 5.68. The minimum atomic E-state index is -0.145. The average Bonchev–Trinajstić information content (AvgIpc) is 2.06. The second-order valence-corrected chi connectivity index (χ2v) is 4.24. The summed E-state index contributed by atoms with van der Waals surface area (Å²) in [5.74, 6) is 6.11. The van der Waals surface area contributed by atoms with Crippen LogP contribution < -0.4 is 16.0 Å². The molecule has 0 fully saturated rings. The van der Waals surface area contributed by atoms with E-state index >= 15 is 0 Å². The second-order valence-electron chi connectivity index (χ2n) is 4.24. The molecule has 3 heteroatoms. The number of benzene rings is 1. The van der Waals surface area contributed by atoms with Gasteiger partial charge in [0, 0.05) is 6.54 Å². The highest BCUT2D eigenvalue weighted by Gasteiger charge is 2.10. The molecule has 0 saturated carbocycles. The largest absolute Gasteiger partial charge is 0.488 e. The Hall–Kier alpha value is -1.06. The molecule has 0 heterocycles. The molecule has 0 aliphatic rings. The normalized spacial score (nSPS) is 11.4. The number of rotatable bonds is 3. The molecule has 3 N–H and O–H groups in total. The summed E-state index contributed by atoms with van der Waals surface area (Å²) < 4.78 is 5.68. The summed E-state index contributed by atoms with van der Waals surface area (Å²) in [5, 5.41) is 0. The fraction of sp³-hybridized carbons (Fsp3) is 0.455. The molecule has 0 bridgehead atoms.